The number of likely N-dealkylation sites (N-methyl/N-ethyl adjacent to an activating group) is 2. The summed E-state index contributed by atoms with van der Waals surface area (Å²) in [6.07, 6.45) is 3.33. The highest BCUT2D eigenvalue weighted by Gasteiger charge is 2.20. The Labute approximate surface area is 448 Å². The second-order valence-electron chi connectivity index (χ2n) is 16.4. The molecule has 5 rings (SSSR count). The number of thioether (sulfide) groups is 1. The van der Waals surface area contributed by atoms with E-state index < -0.39 is 5.97 Å². The van der Waals surface area contributed by atoms with Gasteiger partial charge in [-0.1, -0.05) is 65.7 Å². The number of carboxylic acid groups (broad SMARTS) is 1. The minimum Gasteiger partial charge on any atom is -0.508 e. The van der Waals surface area contributed by atoms with Crippen molar-refractivity contribution in [2.45, 2.75) is 72.4 Å². The molecule has 392 valence electrons. The van der Waals surface area contributed by atoms with Gasteiger partial charge in [0.2, 0.25) is 5.78 Å². The van der Waals surface area contributed by atoms with Crippen LogP contribution in [0.1, 0.15) is 84.2 Å². The SMILES string of the molecule is CC(=O)O.CCCc1cc(C(=O)CBr)ccc1O.CCCc1cc(C(=O)c2sc(Nc3ccc(OC[C@@H](C)N(C)C)cc3)nc2N)ccc1O.C[C@H](COc1ccc(NC(=S)N=C(N)SCP)cc1)N(C)C. The average molecular weight is 1130 g/mol. The van der Waals surface area contributed by atoms with E-state index in [0.717, 1.165) is 65.7 Å². The van der Waals surface area contributed by atoms with E-state index >= 15 is 0 Å². The molecule has 1 aromatic heterocycles. The number of thiocarbonyl (C=S) groups is 1. The van der Waals surface area contributed by atoms with Gasteiger partial charge in [0.05, 0.1) is 5.33 Å². The number of hydrogen-bond acceptors (Lipinski definition) is 15. The van der Waals surface area contributed by atoms with Gasteiger partial charge in [-0.15, -0.1) is 9.24 Å². The highest BCUT2D eigenvalue weighted by Crippen LogP contribution is 2.32. The monoisotopic (exact) mass is 1130 g/mol. The van der Waals surface area contributed by atoms with E-state index in [2.05, 4.69) is 69.4 Å². The quantitative estimate of drug-likeness (QED) is 0.00958. The van der Waals surface area contributed by atoms with E-state index in [1.165, 1.54) is 23.1 Å². The van der Waals surface area contributed by atoms with Crippen LogP contribution in [0.25, 0.3) is 0 Å². The molecule has 72 heavy (non-hydrogen) atoms. The molecule has 3 atom stereocenters. The molecule has 0 amide bonds. The van der Waals surface area contributed by atoms with Gasteiger partial charge in [-0.2, -0.15) is 4.99 Å². The lowest BCUT2D eigenvalue weighted by Gasteiger charge is -2.20. The number of aromatic nitrogens is 1. The molecular formula is C51H70BrN8O8PS3. The number of thiazole rings is 1. The topological polar surface area (TPSA) is 238 Å². The fraction of sp³-hybridized carbons (Fsp3) is 0.373. The zero-order valence-corrected chi connectivity index (χ0v) is 47.6. The van der Waals surface area contributed by atoms with E-state index in [-0.39, 0.29) is 28.9 Å². The van der Waals surface area contributed by atoms with Gasteiger partial charge in [0, 0.05) is 47.0 Å². The maximum Gasteiger partial charge on any atom is 0.300 e. The normalized spacial score (nSPS) is 11.7. The van der Waals surface area contributed by atoms with Crippen LogP contribution in [0.15, 0.2) is 89.9 Å². The molecule has 0 spiro atoms. The molecule has 0 radical (unpaired) electrons. The largest absolute Gasteiger partial charge is 0.508 e. The van der Waals surface area contributed by atoms with E-state index in [0.29, 0.717) is 68.5 Å². The summed E-state index contributed by atoms with van der Waals surface area (Å²) in [5.41, 5.74) is 16.9. The number of nitrogens with two attached hydrogens (primary N) is 2. The molecule has 4 aromatic carbocycles. The number of halogens is 1. The number of carbonyl (C=O) groups is 3. The van der Waals surface area contributed by atoms with E-state index in [1.54, 1.807) is 36.4 Å². The molecule has 21 heteroatoms. The van der Waals surface area contributed by atoms with Crippen LogP contribution in [0.2, 0.25) is 0 Å². The Bertz CT molecular complexity index is 2510. The zero-order valence-electron chi connectivity index (χ0n) is 42.4. The number of phenolic OH excluding ortho intramolecular Hbond substituents is 2. The van der Waals surface area contributed by atoms with Crippen molar-refractivity contribution < 1.29 is 39.2 Å². The predicted octanol–water partition coefficient (Wildman–Crippen LogP) is 10.3. The van der Waals surface area contributed by atoms with Crippen molar-refractivity contribution in [3.8, 4) is 23.0 Å². The third kappa shape index (κ3) is 23.5. The Morgan fingerprint density at radius 1 is 0.833 bits per heavy atom. The first kappa shape index (κ1) is 62.8. The van der Waals surface area contributed by atoms with Crippen LogP contribution in [0.4, 0.5) is 22.3 Å². The van der Waals surface area contributed by atoms with Gasteiger partial charge in [-0.25, -0.2) is 4.98 Å². The highest BCUT2D eigenvalue weighted by molar-refractivity contribution is 9.09. The number of benzene rings is 4. The number of aliphatic carboxylic acids is 1. The van der Waals surface area contributed by atoms with Crippen LogP contribution in [0.5, 0.6) is 23.0 Å². The van der Waals surface area contributed by atoms with Crippen molar-refractivity contribution >= 4 is 111 Å². The molecule has 0 bridgehead atoms. The molecule has 1 unspecified atom stereocenters. The van der Waals surface area contributed by atoms with Crippen LogP contribution >= 0.6 is 60.5 Å². The third-order valence-electron chi connectivity index (χ3n) is 10.2. The second kappa shape index (κ2) is 33.4. The number of phenols is 2. The number of Topliss-reactive ketones (excluding diaryl/α,β-unsaturated/α-hetero) is 1. The molecule has 0 fully saturated rings. The molecule has 1 heterocycles. The average Bonchev–Trinajstić information content (AvgIpc) is 3.71. The van der Waals surface area contributed by atoms with Crippen LogP contribution < -0.4 is 31.6 Å². The first-order valence-corrected chi connectivity index (χ1v) is 27.0. The standard InChI is InChI=1S/C24H30N4O3S.C14H23N4OPS2.C11H13BrO2.C2H4O2/c1-5-6-16-13-17(7-12-20(16)29)21(30)22-23(25)27-24(32-22)26-18-8-10-19(11-9-18)31-14-15(2)28(3)4;1-10(18(2)3)8-19-12-6-4-11(5-7-12)16-14(21)17-13(15)22-9-20;1-2-3-8-6-9(11(14)7-12)4-5-10(8)13;1-2(3)4/h7-13,15,29H,5-6,14,25H2,1-4H3,(H,26,27);4-7,10H,8-9,20H2,1-3H3,(H3,15,16,17,21);4-6,13H,2-3,7H2,1H3;1H3,(H,3,4)/t15-;10-;;/m11../s1. The number of hydrogen-bond donors (Lipinski definition) is 7. The summed E-state index contributed by atoms with van der Waals surface area (Å²) in [7, 11) is 10.7. The maximum absolute atomic E-state index is 13.0. The van der Waals surface area contributed by atoms with Gasteiger partial charge in [0.25, 0.3) is 5.97 Å². The summed E-state index contributed by atoms with van der Waals surface area (Å²) < 4.78 is 11.5. The molecule has 5 aromatic rings. The number of anilines is 4. The molecule has 16 nitrogen and oxygen atoms in total. The Kier molecular flexibility index (Phi) is 29.1. The van der Waals surface area contributed by atoms with Crippen molar-refractivity contribution in [2.24, 2.45) is 10.7 Å². The Balaban J connectivity index is 0.000000383. The molecule has 0 aliphatic carbocycles. The van der Waals surface area contributed by atoms with Gasteiger partial charge in [-0.3, -0.25) is 14.4 Å². The number of nitrogens with zero attached hydrogens (tertiary/aromatic N) is 4. The van der Waals surface area contributed by atoms with Gasteiger partial charge >= 0.3 is 0 Å². The minimum atomic E-state index is -0.833. The van der Waals surface area contributed by atoms with Crippen molar-refractivity contribution in [3.05, 3.63) is 112 Å². The van der Waals surface area contributed by atoms with E-state index in [1.807, 2.05) is 90.6 Å². The lowest BCUT2D eigenvalue weighted by atomic mass is 10.0. The van der Waals surface area contributed by atoms with E-state index in [9.17, 15) is 19.8 Å². The smallest absolute Gasteiger partial charge is 0.300 e. The Morgan fingerprint density at radius 3 is 1.74 bits per heavy atom. The van der Waals surface area contributed by atoms with Crippen molar-refractivity contribution in [1.82, 2.24) is 14.8 Å². The van der Waals surface area contributed by atoms with Crippen LogP contribution in [-0.4, -0.2) is 122 Å². The number of ketones is 2. The van der Waals surface area contributed by atoms with Crippen molar-refractivity contribution in [1.29, 1.82) is 0 Å². The summed E-state index contributed by atoms with van der Waals surface area (Å²) in [4.78, 5) is 46.3. The summed E-state index contributed by atoms with van der Waals surface area (Å²) >= 11 is 10.9. The number of nitrogen functional groups attached to an aromatic ring is 1. The summed E-state index contributed by atoms with van der Waals surface area (Å²) in [6.45, 7) is 10.6. The predicted molar refractivity (Wildman–Crippen MR) is 309 cm³/mol. The number of aliphatic imine (C=N–C) groups is 1. The second-order valence-corrected chi connectivity index (χ2v) is 20.4. The summed E-state index contributed by atoms with van der Waals surface area (Å²) in [6, 6.07) is 25.7. The molecule has 0 saturated carbocycles. The number of aryl methyl sites for hydroxylation is 2. The number of rotatable bonds is 20. The van der Waals surface area contributed by atoms with Gasteiger partial charge in [-0.05, 0) is 163 Å². The van der Waals surface area contributed by atoms with Gasteiger partial charge < -0.3 is 56.7 Å². The fourth-order valence-electron chi connectivity index (χ4n) is 5.67. The fourth-order valence-corrected chi connectivity index (χ4v) is 7.98. The number of carboxylic acids is 1. The molecule has 0 saturated heterocycles. The lowest BCUT2D eigenvalue weighted by Crippen LogP contribution is -2.30. The number of nitrogens with one attached hydrogen (secondary N) is 2. The van der Waals surface area contributed by atoms with Crippen LogP contribution in [-0.2, 0) is 17.6 Å². The Hall–Kier alpha value is -5.34. The van der Waals surface area contributed by atoms with Gasteiger partial charge in [0.15, 0.2) is 21.2 Å². The number of amidine groups is 1. The Morgan fingerprint density at radius 2 is 1.29 bits per heavy atom. The molecule has 0 aliphatic rings. The molecular weight excluding hydrogens is 1060 g/mol. The molecule has 0 aliphatic heterocycles. The van der Waals surface area contributed by atoms with Gasteiger partial charge in [0.1, 0.15) is 46.9 Å². The van der Waals surface area contributed by atoms with Crippen molar-refractivity contribution in [3.63, 3.8) is 0 Å². The third-order valence-corrected chi connectivity index (χ3v) is 12.9. The first-order valence-electron chi connectivity index (χ1n) is 22.9. The number of ether oxygens (including phenoxy) is 2. The summed E-state index contributed by atoms with van der Waals surface area (Å²) in [5.74, 6) is 1.28. The maximum atomic E-state index is 13.0. The highest BCUT2D eigenvalue weighted by atomic mass is 79.9. The number of alkyl halides is 1. The minimum absolute atomic E-state index is 0.0438. The molecule has 9 N–H and O–H groups in total. The van der Waals surface area contributed by atoms with Crippen molar-refractivity contribution in [2.75, 3.05) is 68.6 Å². The van der Waals surface area contributed by atoms with Crippen LogP contribution in [0, 0.1) is 0 Å². The summed E-state index contributed by atoms with van der Waals surface area (Å²) in [5, 5.41) is 34.8. The zero-order chi connectivity index (χ0) is 53.9. The number of aromatic hydroxyl groups is 2. The van der Waals surface area contributed by atoms with Crippen LogP contribution in [0.3, 0.4) is 0 Å². The van der Waals surface area contributed by atoms with E-state index in [4.69, 9.17) is 43.1 Å². The first-order chi connectivity index (χ1) is 34.1. The lowest BCUT2D eigenvalue weighted by molar-refractivity contribution is -0.134. The number of carbonyl (C=O) groups excluding carboxylic acids is 2.